The third-order valence-electron chi connectivity index (χ3n) is 12.9. The van der Waals surface area contributed by atoms with E-state index in [1.54, 1.807) is 11.3 Å². The molecule has 296 valence electrons. The highest BCUT2D eigenvalue weighted by molar-refractivity contribution is 7.22. The zero-order valence-corrected chi connectivity index (χ0v) is 35.0. The van der Waals surface area contributed by atoms with Crippen molar-refractivity contribution >= 4 is 75.9 Å². The van der Waals surface area contributed by atoms with Crippen molar-refractivity contribution in [3.8, 4) is 44.5 Å². The van der Waals surface area contributed by atoms with Crippen LogP contribution < -0.4 is 0 Å². The molecule has 4 aromatic heterocycles. The number of para-hydroxylation sites is 3. The van der Waals surface area contributed by atoms with Gasteiger partial charge in [0, 0.05) is 49.2 Å². The van der Waals surface area contributed by atoms with Crippen molar-refractivity contribution in [3.05, 3.63) is 218 Å². The topological polar surface area (TPSA) is 35.6 Å². The van der Waals surface area contributed by atoms with Crippen molar-refractivity contribution in [1.29, 1.82) is 0 Å². The zero-order valence-electron chi connectivity index (χ0n) is 34.2. The fourth-order valence-electron chi connectivity index (χ4n) is 9.86. The van der Waals surface area contributed by atoms with Gasteiger partial charge in [-0.25, -0.2) is 9.97 Å². The van der Waals surface area contributed by atoms with Gasteiger partial charge in [-0.05, 0) is 82.4 Å². The number of aromatic nitrogens is 4. The maximum atomic E-state index is 5.57. The van der Waals surface area contributed by atoms with E-state index >= 15 is 0 Å². The fraction of sp³-hybridized carbons (Fsp3) is 0.0345. The molecule has 13 rings (SSSR count). The third-order valence-corrected chi connectivity index (χ3v) is 14.0. The van der Waals surface area contributed by atoms with Gasteiger partial charge in [-0.1, -0.05) is 164 Å². The molecule has 1 aliphatic rings. The molecular weight excluding hydrogens is 785 g/mol. The quantitative estimate of drug-likeness (QED) is 0.167. The summed E-state index contributed by atoms with van der Waals surface area (Å²) in [5, 5.41) is 7.18. The van der Waals surface area contributed by atoms with Crippen molar-refractivity contribution in [2.24, 2.45) is 0 Å². The van der Waals surface area contributed by atoms with Gasteiger partial charge in [0.25, 0.3) is 0 Å². The lowest BCUT2D eigenvalue weighted by atomic mass is 9.92. The van der Waals surface area contributed by atoms with Gasteiger partial charge >= 0.3 is 0 Å². The predicted octanol–water partition coefficient (Wildman–Crippen LogP) is 15.6. The SMILES string of the molecule is C1=CCC(c2ccc(-c3nc(-n4c5ccc(-c6cccc7c8ccccc8n(-c8ccccc8)c67)cc5c5cc6ccccc6cc54)nc4cc(-c5ccccc5)sc34)cc2)C=C1. The van der Waals surface area contributed by atoms with E-state index in [1.807, 2.05) is 0 Å². The Morgan fingerprint density at radius 1 is 0.492 bits per heavy atom. The molecule has 4 nitrogen and oxygen atoms in total. The Labute approximate surface area is 368 Å². The first kappa shape index (κ1) is 35.9. The largest absolute Gasteiger partial charge is 0.309 e. The Bertz CT molecular complexity index is 3810. The first-order chi connectivity index (χ1) is 31.2. The minimum absolute atomic E-state index is 0.377. The van der Waals surface area contributed by atoms with Crippen LogP contribution in [0.25, 0.3) is 109 Å². The van der Waals surface area contributed by atoms with E-state index in [9.17, 15) is 0 Å². The lowest BCUT2D eigenvalue weighted by molar-refractivity contribution is 0.854. The van der Waals surface area contributed by atoms with Crippen LogP contribution in [0.3, 0.4) is 0 Å². The van der Waals surface area contributed by atoms with Gasteiger partial charge in [0.1, 0.15) is 0 Å². The first-order valence-corrected chi connectivity index (χ1v) is 22.4. The van der Waals surface area contributed by atoms with Gasteiger partial charge in [0.05, 0.1) is 38.0 Å². The number of thiophene rings is 1. The van der Waals surface area contributed by atoms with E-state index in [0.29, 0.717) is 11.9 Å². The average molecular weight is 823 g/mol. The Kier molecular flexibility index (Phi) is 8.18. The minimum Gasteiger partial charge on any atom is -0.309 e. The summed E-state index contributed by atoms with van der Waals surface area (Å²) in [5.41, 5.74) is 13.5. The molecule has 0 spiro atoms. The van der Waals surface area contributed by atoms with Crippen LogP contribution in [0.5, 0.6) is 0 Å². The molecule has 0 N–H and O–H groups in total. The smallest absolute Gasteiger partial charge is 0.235 e. The predicted molar refractivity (Wildman–Crippen MR) is 266 cm³/mol. The van der Waals surface area contributed by atoms with Crippen molar-refractivity contribution in [1.82, 2.24) is 19.1 Å². The second-order valence-corrected chi connectivity index (χ2v) is 17.6. The maximum absolute atomic E-state index is 5.57. The van der Waals surface area contributed by atoms with E-state index < -0.39 is 0 Å². The summed E-state index contributed by atoms with van der Waals surface area (Å²) in [4.78, 5) is 12.2. The first-order valence-electron chi connectivity index (χ1n) is 21.6. The van der Waals surface area contributed by atoms with Crippen LogP contribution in [0, 0.1) is 0 Å². The van der Waals surface area contributed by atoms with E-state index in [4.69, 9.17) is 9.97 Å². The van der Waals surface area contributed by atoms with E-state index in [-0.39, 0.29) is 0 Å². The van der Waals surface area contributed by atoms with Crippen LogP contribution >= 0.6 is 11.3 Å². The number of nitrogens with zero attached hydrogens (tertiary/aromatic N) is 4. The van der Waals surface area contributed by atoms with Gasteiger partial charge in [0.2, 0.25) is 5.95 Å². The number of benzene rings is 8. The average Bonchev–Trinajstić information content (AvgIpc) is 4.04. The summed E-state index contributed by atoms with van der Waals surface area (Å²) in [6, 6.07) is 68.4. The second kappa shape index (κ2) is 14.4. The molecule has 4 heterocycles. The Hall–Kier alpha value is -7.86. The van der Waals surface area contributed by atoms with E-state index in [0.717, 1.165) is 55.6 Å². The Morgan fingerprint density at radius 3 is 2.03 bits per heavy atom. The van der Waals surface area contributed by atoms with Gasteiger partial charge in [-0.15, -0.1) is 11.3 Å². The van der Waals surface area contributed by atoms with Gasteiger partial charge in [-0.3, -0.25) is 4.57 Å². The molecule has 0 fully saturated rings. The normalized spacial score (nSPS) is 14.0. The monoisotopic (exact) mass is 822 g/mol. The van der Waals surface area contributed by atoms with Gasteiger partial charge in [0.15, 0.2) is 0 Å². The second-order valence-electron chi connectivity index (χ2n) is 16.5. The molecular formula is C58H38N4S. The van der Waals surface area contributed by atoms with Crippen LogP contribution in [0.1, 0.15) is 17.9 Å². The summed E-state index contributed by atoms with van der Waals surface area (Å²) in [6.07, 6.45) is 9.84. The lowest BCUT2D eigenvalue weighted by Crippen LogP contribution is -2.03. The van der Waals surface area contributed by atoms with Crippen molar-refractivity contribution < 1.29 is 0 Å². The summed E-state index contributed by atoms with van der Waals surface area (Å²) in [5.74, 6) is 1.04. The molecule has 0 bridgehead atoms. The van der Waals surface area contributed by atoms with Crippen LogP contribution in [-0.2, 0) is 0 Å². The maximum Gasteiger partial charge on any atom is 0.235 e. The van der Waals surface area contributed by atoms with Crippen LogP contribution in [0.15, 0.2) is 212 Å². The fourth-order valence-corrected chi connectivity index (χ4v) is 11.0. The molecule has 0 saturated carbocycles. The molecule has 5 heteroatoms. The van der Waals surface area contributed by atoms with Crippen LogP contribution in [-0.4, -0.2) is 19.1 Å². The molecule has 0 amide bonds. The number of hydrogen-bond donors (Lipinski definition) is 0. The van der Waals surface area contributed by atoms with Crippen LogP contribution in [0.4, 0.5) is 0 Å². The summed E-state index contributed by atoms with van der Waals surface area (Å²) < 4.78 is 5.80. The molecule has 1 aliphatic carbocycles. The Morgan fingerprint density at radius 2 is 1.21 bits per heavy atom. The van der Waals surface area contributed by atoms with Gasteiger partial charge < -0.3 is 4.57 Å². The van der Waals surface area contributed by atoms with Crippen molar-refractivity contribution in [3.63, 3.8) is 0 Å². The molecule has 1 unspecified atom stereocenters. The van der Waals surface area contributed by atoms with Gasteiger partial charge in [-0.2, -0.15) is 0 Å². The summed E-state index contributed by atoms with van der Waals surface area (Å²) in [7, 11) is 0. The molecule has 12 aromatic rings. The Balaban J connectivity index is 1.06. The molecule has 1 atom stereocenters. The van der Waals surface area contributed by atoms with Crippen LogP contribution in [0.2, 0.25) is 0 Å². The van der Waals surface area contributed by atoms with E-state index in [1.165, 1.54) is 59.5 Å². The highest BCUT2D eigenvalue weighted by Crippen LogP contribution is 2.43. The highest BCUT2D eigenvalue weighted by Gasteiger charge is 2.22. The zero-order chi connectivity index (χ0) is 41.4. The summed E-state index contributed by atoms with van der Waals surface area (Å²) in [6.45, 7) is 0. The third kappa shape index (κ3) is 5.81. The minimum atomic E-state index is 0.377. The number of rotatable bonds is 6. The van der Waals surface area contributed by atoms with Crippen molar-refractivity contribution in [2.45, 2.75) is 12.3 Å². The number of fused-ring (bicyclic) bond motifs is 8. The molecule has 63 heavy (non-hydrogen) atoms. The highest BCUT2D eigenvalue weighted by atomic mass is 32.1. The standard InChI is InChI=1S/C58H38N4S/c1-4-15-37(16-5-1)38-27-29-40(30-28-38)55-57-50(36-54(63-57)39-17-6-2-7-18-39)59-58(60-55)62-52-32-31-43(34-48(52)49-33-41-19-10-11-20-42(41)35-53(49)62)45-24-14-25-47-46-23-12-13-26-51(46)61(56(45)47)44-21-8-3-9-22-44/h1-15,17-37H,16H2. The molecule has 0 aliphatic heterocycles. The number of allylic oxidation sites excluding steroid dienone is 4. The molecule has 8 aromatic carbocycles. The molecule has 0 saturated heterocycles. The van der Waals surface area contributed by atoms with E-state index in [2.05, 4.69) is 221 Å². The molecule has 0 radical (unpaired) electrons. The number of hydrogen-bond acceptors (Lipinski definition) is 3. The lowest BCUT2D eigenvalue weighted by Gasteiger charge is -2.14. The summed E-state index contributed by atoms with van der Waals surface area (Å²) >= 11 is 1.76. The van der Waals surface area contributed by atoms with Crippen molar-refractivity contribution in [2.75, 3.05) is 0 Å².